The average molecular weight is 513 g/mol. The van der Waals surface area contributed by atoms with Gasteiger partial charge in [-0.3, -0.25) is 4.79 Å². The molecule has 0 aromatic heterocycles. The third-order valence-corrected chi connectivity index (χ3v) is 12.4. The highest BCUT2D eigenvalue weighted by Gasteiger charge is 2.67. The molecule has 1 saturated heterocycles. The van der Waals surface area contributed by atoms with Gasteiger partial charge < -0.3 is 23.4 Å². The molecule has 1 aliphatic heterocycles. The number of ether oxygens (including phenoxy) is 4. The van der Waals surface area contributed by atoms with E-state index < -0.39 is 8.32 Å². The molecule has 0 spiro atoms. The molecule has 2 aromatic carbocycles. The van der Waals surface area contributed by atoms with Crippen LogP contribution in [0.1, 0.15) is 31.9 Å². The van der Waals surface area contributed by atoms with Crippen molar-refractivity contribution in [1.82, 2.24) is 0 Å². The molecule has 7 heteroatoms. The van der Waals surface area contributed by atoms with Gasteiger partial charge in [0, 0.05) is 5.92 Å². The molecule has 1 saturated carbocycles. The van der Waals surface area contributed by atoms with Crippen LogP contribution in [0.25, 0.3) is 0 Å². The van der Waals surface area contributed by atoms with E-state index in [1.807, 2.05) is 60.7 Å². The monoisotopic (exact) mass is 512 g/mol. The Morgan fingerprint density at radius 2 is 1.42 bits per heavy atom. The summed E-state index contributed by atoms with van der Waals surface area (Å²) in [5.41, 5.74) is 2.15. The van der Waals surface area contributed by atoms with Crippen LogP contribution in [0.4, 0.5) is 0 Å². The molecule has 0 unspecified atom stereocenters. The molecule has 196 valence electrons. The largest absolute Gasteiger partial charge is 0.469 e. The quantitative estimate of drug-likeness (QED) is 0.315. The van der Waals surface area contributed by atoms with Crippen molar-refractivity contribution in [1.29, 1.82) is 0 Å². The van der Waals surface area contributed by atoms with Gasteiger partial charge in [-0.05, 0) is 29.3 Å². The van der Waals surface area contributed by atoms with Crippen LogP contribution in [0, 0.1) is 11.8 Å². The number of esters is 1. The van der Waals surface area contributed by atoms with Crippen molar-refractivity contribution >= 4 is 14.3 Å². The third kappa shape index (κ3) is 6.09. The number of hydrogen-bond donors (Lipinski definition) is 0. The maximum Gasteiger partial charge on any atom is 0.311 e. The second-order valence-corrected chi connectivity index (χ2v) is 16.2. The molecule has 2 aromatic rings. The zero-order chi connectivity index (χ0) is 25.9. The normalized spacial score (nSPS) is 27.8. The van der Waals surface area contributed by atoms with Crippen LogP contribution in [-0.2, 0) is 41.4 Å². The van der Waals surface area contributed by atoms with Crippen molar-refractivity contribution in [3.8, 4) is 0 Å². The van der Waals surface area contributed by atoms with Gasteiger partial charge in [-0.15, -0.1) is 0 Å². The molecule has 0 N–H and O–H groups in total. The van der Waals surface area contributed by atoms with Crippen LogP contribution >= 0.6 is 0 Å². The van der Waals surface area contributed by atoms with Gasteiger partial charge in [-0.1, -0.05) is 81.4 Å². The Labute approximate surface area is 216 Å². The highest BCUT2D eigenvalue weighted by molar-refractivity contribution is 6.74. The first kappa shape index (κ1) is 27.0. The van der Waals surface area contributed by atoms with Gasteiger partial charge >= 0.3 is 5.97 Å². The lowest BCUT2D eigenvalue weighted by molar-refractivity contribution is -0.194. The predicted molar refractivity (Wildman–Crippen MR) is 141 cm³/mol. The number of rotatable bonds is 10. The zero-order valence-electron chi connectivity index (χ0n) is 22.3. The van der Waals surface area contributed by atoms with E-state index in [-0.39, 0.29) is 47.3 Å². The van der Waals surface area contributed by atoms with Gasteiger partial charge in [-0.2, -0.15) is 0 Å². The molecule has 6 atom stereocenters. The molecule has 2 aliphatic rings. The summed E-state index contributed by atoms with van der Waals surface area (Å²) >= 11 is 0. The Morgan fingerprint density at radius 1 is 0.889 bits per heavy atom. The van der Waals surface area contributed by atoms with Crippen molar-refractivity contribution < 1.29 is 28.2 Å². The van der Waals surface area contributed by atoms with E-state index in [0.29, 0.717) is 19.8 Å². The Hall–Kier alpha value is -2.03. The fourth-order valence-corrected chi connectivity index (χ4v) is 5.61. The highest BCUT2D eigenvalue weighted by Crippen LogP contribution is 2.52. The minimum absolute atomic E-state index is 0.0714. The fourth-order valence-electron chi connectivity index (χ4n) is 4.59. The minimum atomic E-state index is -2.02. The first-order chi connectivity index (χ1) is 17.1. The van der Waals surface area contributed by atoms with E-state index in [1.54, 1.807) is 0 Å². The molecule has 4 rings (SSSR count). The average Bonchev–Trinajstić information content (AvgIpc) is 3.59. The zero-order valence-corrected chi connectivity index (χ0v) is 23.3. The van der Waals surface area contributed by atoms with Gasteiger partial charge in [0.15, 0.2) is 8.32 Å². The molecule has 1 heterocycles. The standard InChI is InChI=1S/C29H40O6Si/c1-29(2,3)36(5,6)34-19-22-25(32-17-20-13-9-7-10-14-20)27(33-18-21-15-11-8-12-16-21)23-24(26(23)35-22)28(30)31-4/h7-16,22-27H,17-19H2,1-6H3/t22-,23+,24+,25-,26+,27-/m1/s1. The molecule has 1 aliphatic carbocycles. The minimum Gasteiger partial charge on any atom is -0.469 e. The van der Waals surface area contributed by atoms with E-state index in [1.165, 1.54) is 7.11 Å². The molecule has 0 bridgehead atoms. The SMILES string of the molecule is COC(=O)[C@@H]1[C@H]2O[C@H](CO[Si](C)(C)C(C)(C)C)[C@@H](OCc3ccccc3)[C@H](OCc3ccccc3)[C@H]21. The molecule has 6 nitrogen and oxygen atoms in total. The van der Waals surface area contributed by atoms with Crippen molar-refractivity contribution in [3.05, 3.63) is 71.8 Å². The maximum atomic E-state index is 12.6. The summed E-state index contributed by atoms with van der Waals surface area (Å²) in [5, 5.41) is 0.0714. The number of hydrogen-bond acceptors (Lipinski definition) is 6. The Bertz CT molecular complexity index is 990. The first-order valence-electron chi connectivity index (χ1n) is 12.8. The second kappa shape index (κ2) is 11.2. The van der Waals surface area contributed by atoms with Crippen LogP contribution in [0.3, 0.4) is 0 Å². The summed E-state index contributed by atoms with van der Waals surface area (Å²) in [4.78, 5) is 12.6. The molecular weight excluding hydrogens is 472 g/mol. The van der Waals surface area contributed by atoms with E-state index in [9.17, 15) is 4.79 Å². The summed E-state index contributed by atoms with van der Waals surface area (Å²) in [7, 11) is -0.596. The lowest BCUT2D eigenvalue weighted by Crippen LogP contribution is -2.52. The fraction of sp³-hybridized carbons (Fsp3) is 0.552. The number of carbonyl (C=O) groups is 1. The highest BCUT2D eigenvalue weighted by atomic mass is 28.4. The Kier molecular flexibility index (Phi) is 8.37. The van der Waals surface area contributed by atoms with E-state index in [2.05, 4.69) is 33.9 Å². The number of fused-ring (bicyclic) bond motifs is 1. The summed E-state index contributed by atoms with van der Waals surface area (Å²) in [6, 6.07) is 20.1. The van der Waals surface area contributed by atoms with E-state index in [4.69, 9.17) is 23.4 Å². The number of methoxy groups -OCH3 is 1. The van der Waals surface area contributed by atoms with Crippen molar-refractivity contribution in [2.75, 3.05) is 13.7 Å². The van der Waals surface area contributed by atoms with E-state index in [0.717, 1.165) is 11.1 Å². The summed E-state index contributed by atoms with van der Waals surface area (Å²) in [6.07, 6.45) is -1.29. The van der Waals surface area contributed by atoms with Crippen LogP contribution in [0.15, 0.2) is 60.7 Å². The molecule has 0 radical (unpaired) electrons. The molecular formula is C29H40O6Si. The molecule has 2 fully saturated rings. The van der Waals surface area contributed by atoms with Gasteiger partial charge in [0.05, 0.1) is 45.1 Å². The van der Waals surface area contributed by atoms with Crippen LogP contribution in [-0.4, -0.2) is 52.4 Å². The number of benzene rings is 2. The molecule has 36 heavy (non-hydrogen) atoms. The first-order valence-corrected chi connectivity index (χ1v) is 15.7. The van der Waals surface area contributed by atoms with Crippen molar-refractivity contribution in [3.63, 3.8) is 0 Å². The topological polar surface area (TPSA) is 63.2 Å². The maximum absolute atomic E-state index is 12.6. The number of carbonyl (C=O) groups excluding carboxylic acids is 1. The van der Waals surface area contributed by atoms with Crippen LogP contribution in [0.2, 0.25) is 18.1 Å². The van der Waals surface area contributed by atoms with Crippen LogP contribution in [0.5, 0.6) is 0 Å². The van der Waals surface area contributed by atoms with Gasteiger partial charge in [0.2, 0.25) is 0 Å². The van der Waals surface area contributed by atoms with Crippen molar-refractivity contribution in [2.24, 2.45) is 11.8 Å². The summed E-state index contributed by atoms with van der Waals surface area (Å²) in [6.45, 7) is 12.4. The van der Waals surface area contributed by atoms with Gasteiger partial charge in [0.25, 0.3) is 0 Å². The smallest absolute Gasteiger partial charge is 0.311 e. The predicted octanol–water partition coefficient (Wildman–Crippen LogP) is 5.37. The van der Waals surface area contributed by atoms with E-state index >= 15 is 0 Å². The third-order valence-electron chi connectivity index (χ3n) is 7.87. The van der Waals surface area contributed by atoms with Gasteiger partial charge in [0.1, 0.15) is 12.2 Å². The lowest BCUT2D eigenvalue weighted by Gasteiger charge is -2.41. The van der Waals surface area contributed by atoms with Crippen molar-refractivity contribution in [2.45, 2.75) is 76.5 Å². The van der Waals surface area contributed by atoms with Gasteiger partial charge in [-0.25, -0.2) is 0 Å². The Balaban J connectivity index is 1.57. The lowest BCUT2D eigenvalue weighted by atomic mass is 10.00. The van der Waals surface area contributed by atoms with Crippen LogP contribution < -0.4 is 0 Å². The molecule has 0 amide bonds. The Morgan fingerprint density at radius 3 is 1.92 bits per heavy atom. The summed E-state index contributed by atoms with van der Waals surface area (Å²) < 4.78 is 31.2. The second-order valence-electron chi connectivity index (χ2n) is 11.4. The summed E-state index contributed by atoms with van der Waals surface area (Å²) in [5.74, 6) is -0.714.